The molecular weight excluding hydrogens is 320 g/mol. The zero-order valence-electron chi connectivity index (χ0n) is 15.2. The third kappa shape index (κ3) is 5.62. The zero-order valence-corrected chi connectivity index (χ0v) is 15.2. The highest BCUT2D eigenvalue weighted by Crippen LogP contribution is 2.17. The molecule has 0 aliphatic carbocycles. The maximum atomic E-state index is 12.2. The highest BCUT2D eigenvalue weighted by atomic mass is 16.6. The Morgan fingerprint density at radius 3 is 2.72 bits per heavy atom. The number of hydrogen-bond donors (Lipinski definition) is 2. The van der Waals surface area contributed by atoms with Crippen molar-refractivity contribution in [3.8, 4) is 0 Å². The number of nitrogens with zero attached hydrogens (tertiary/aromatic N) is 2. The number of carbonyl (C=O) groups excluding carboxylic acids is 2. The number of amides is 2. The molecule has 0 saturated carbocycles. The van der Waals surface area contributed by atoms with Crippen LogP contribution in [0.2, 0.25) is 0 Å². The minimum Gasteiger partial charge on any atom is -0.450 e. The van der Waals surface area contributed by atoms with Crippen molar-refractivity contribution in [2.24, 2.45) is 0 Å². The van der Waals surface area contributed by atoms with Crippen LogP contribution in [0.5, 0.6) is 0 Å². The highest BCUT2D eigenvalue weighted by molar-refractivity contribution is 5.93. The molecule has 0 aromatic carbocycles. The van der Waals surface area contributed by atoms with E-state index in [-0.39, 0.29) is 24.1 Å². The van der Waals surface area contributed by atoms with Gasteiger partial charge in [-0.3, -0.25) is 9.78 Å². The molecule has 138 valence electrons. The van der Waals surface area contributed by atoms with E-state index in [1.165, 1.54) is 0 Å². The summed E-state index contributed by atoms with van der Waals surface area (Å²) in [7, 11) is 0. The van der Waals surface area contributed by atoms with Gasteiger partial charge in [0, 0.05) is 37.1 Å². The summed E-state index contributed by atoms with van der Waals surface area (Å²) in [6, 6.07) is 4.02. The molecule has 25 heavy (non-hydrogen) atoms. The van der Waals surface area contributed by atoms with Gasteiger partial charge in [-0.05, 0) is 45.2 Å². The Hall–Kier alpha value is -2.31. The molecule has 2 heterocycles. The molecule has 7 nitrogen and oxygen atoms in total. The SMILES string of the molecule is CCOC(=O)N1CCC(Nc2ccnc(C(=O)NC(C)CC)c2)CC1. The summed E-state index contributed by atoms with van der Waals surface area (Å²) in [6.45, 7) is 7.54. The van der Waals surface area contributed by atoms with Crippen LogP contribution in [0.15, 0.2) is 18.3 Å². The molecule has 1 atom stereocenters. The number of hydrogen-bond acceptors (Lipinski definition) is 5. The summed E-state index contributed by atoms with van der Waals surface area (Å²) in [5.41, 5.74) is 1.29. The molecular formula is C18H28N4O3. The van der Waals surface area contributed by atoms with Gasteiger partial charge in [0.25, 0.3) is 5.91 Å². The van der Waals surface area contributed by atoms with E-state index in [0.717, 1.165) is 24.9 Å². The van der Waals surface area contributed by atoms with Crippen LogP contribution in [-0.4, -0.2) is 53.7 Å². The van der Waals surface area contributed by atoms with Crippen molar-refractivity contribution in [3.63, 3.8) is 0 Å². The smallest absolute Gasteiger partial charge is 0.409 e. The van der Waals surface area contributed by atoms with Gasteiger partial charge in [-0.25, -0.2) is 4.79 Å². The van der Waals surface area contributed by atoms with Gasteiger partial charge < -0.3 is 20.3 Å². The molecule has 1 aromatic heterocycles. The first-order valence-electron chi connectivity index (χ1n) is 8.98. The van der Waals surface area contributed by atoms with Crippen molar-refractivity contribution in [1.82, 2.24) is 15.2 Å². The number of anilines is 1. The van der Waals surface area contributed by atoms with Crippen LogP contribution in [0.4, 0.5) is 10.5 Å². The predicted octanol–water partition coefficient (Wildman–Crippen LogP) is 2.64. The van der Waals surface area contributed by atoms with Gasteiger partial charge in [0.05, 0.1) is 6.61 Å². The largest absolute Gasteiger partial charge is 0.450 e. The molecule has 1 fully saturated rings. The third-order valence-electron chi connectivity index (χ3n) is 4.37. The topological polar surface area (TPSA) is 83.6 Å². The number of likely N-dealkylation sites (tertiary alicyclic amines) is 1. The standard InChI is InChI=1S/C18H28N4O3/c1-4-13(3)20-17(23)16-12-15(6-9-19-16)21-14-7-10-22(11-8-14)18(24)25-5-2/h6,9,12-14H,4-5,7-8,10-11H2,1-3H3,(H,19,21)(H,20,23). The molecule has 2 N–H and O–H groups in total. The van der Waals surface area contributed by atoms with Gasteiger partial charge in [0.15, 0.2) is 0 Å². The molecule has 1 aliphatic rings. The maximum Gasteiger partial charge on any atom is 0.409 e. The summed E-state index contributed by atoms with van der Waals surface area (Å²) in [5.74, 6) is -0.157. The fraction of sp³-hybridized carbons (Fsp3) is 0.611. The lowest BCUT2D eigenvalue weighted by atomic mass is 10.1. The van der Waals surface area contributed by atoms with Crippen LogP contribution in [0, 0.1) is 0 Å². The summed E-state index contributed by atoms with van der Waals surface area (Å²) in [4.78, 5) is 29.8. The summed E-state index contributed by atoms with van der Waals surface area (Å²) >= 11 is 0. The van der Waals surface area contributed by atoms with Gasteiger partial charge in [-0.15, -0.1) is 0 Å². The number of ether oxygens (including phenoxy) is 1. The minimum absolute atomic E-state index is 0.123. The van der Waals surface area contributed by atoms with Gasteiger partial charge in [0.2, 0.25) is 0 Å². The lowest BCUT2D eigenvalue weighted by Gasteiger charge is -2.32. The van der Waals surface area contributed by atoms with Crippen molar-refractivity contribution in [2.45, 2.75) is 52.1 Å². The van der Waals surface area contributed by atoms with Crippen molar-refractivity contribution in [2.75, 3.05) is 25.0 Å². The van der Waals surface area contributed by atoms with E-state index < -0.39 is 0 Å². The predicted molar refractivity (Wildman–Crippen MR) is 96.7 cm³/mol. The molecule has 0 radical (unpaired) electrons. The molecule has 1 aliphatic heterocycles. The lowest BCUT2D eigenvalue weighted by Crippen LogP contribution is -2.42. The van der Waals surface area contributed by atoms with E-state index in [1.807, 2.05) is 26.8 Å². The first kappa shape index (κ1) is 19.0. The van der Waals surface area contributed by atoms with Crippen molar-refractivity contribution in [3.05, 3.63) is 24.0 Å². The zero-order chi connectivity index (χ0) is 18.2. The normalized spacial score (nSPS) is 16.2. The molecule has 2 amide bonds. The molecule has 0 spiro atoms. The fourth-order valence-corrected chi connectivity index (χ4v) is 2.70. The van der Waals surface area contributed by atoms with Gasteiger partial charge in [-0.1, -0.05) is 6.92 Å². The van der Waals surface area contributed by atoms with Crippen LogP contribution in [0.25, 0.3) is 0 Å². The summed E-state index contributed by atoms with van der Waals surface area (Å²) < 4.78 is 5.03. The van der Waals surface area contributed by atoms with E-state index in [4.69, 9.17) is 4.74 Å². The van der Waals surface area contributed by atoms with Crippen LogP contribution < -0.4 is 10.6 Å². The number of nitrogens with one attached hydrogen (secondary N) is 2. The first-order chi connectivity index (χ1) is 12.0. The molecule has 1 saturated heterocycles. The van der Waals surface area contributed by atoms with E-state index in [2.05, 4.69) is 15.6 Å². The molecule has 7 heteroatoms. The monoisotopic (exact) mass is 348 g/mol. The maximum absolute atomic E-state index is 12.2. The Morgan fingerprint density at radius 1 is 1.36 bits per heavy atom. The van der Waals surface area contributed by atoms with E-state index >= 15 is 0 Å². The number of piperidine rings is 1. The Bertz CT molecular complexity index is 585. The van der Waals surface area contributed by atoms with Crippen molar-refractivity contribution >= 4 is 17.7 Å². The third-order valence-corrected chi connectivity index (χ3v) is 4.37. The molecule has 2 rings (SSSR count). The number of carbonyl (C=O) groups is 2. The van der Waals surface area contributed by atoms with Gasteiger partial charge in [-0.2, -0.15) is 0 Å². The molecule has 1 aromatic rings. The van der Waals surface area contributed by atoms with Gasteiger partial charge >= 0.3 is 6.09 Å². The molecule has 0 bridgehead atoms. The van der Waals surface area contributed by atoms with E-state index in [1.54, 1.807) is 17.2 Å². The quantitative estimate of drug-likeness (QED) is 0.826. The Morgan fingerprint density at radius 2 is 2.08 bits per heavy atom. The Balaban J connectivity index is 1.88. The van der Waals surface area contributed by atoms with E-state index in [0.29, 0.717) is 25.4 Å². The highest BCUT2D eigenvalue weighted by Gasteiger charge is 2.23. The van der Waals surface area contributed by atoms with Crippen molar-refractivity contribution in [1.29, 1.82) is 0 Å². The second-order valence-electron chi connectivity index (χ2n) is 6.32. The second-order valence-corrected chi connectivity index (χ2v) is 6.32. The van der Waals surface area contributed by atoms with Crippen LogP contribution in [-0.2, 0) is 4.74 Å². The average Bonchev–Trinajstić information content (AvgIpc) is 2.62. The number of aromatic nitrogens is 1. The molecule has 1 unspecified atom stereocenters. The number of rotatable bonds is 6. The van der Waals surface area contributed by atoms with Crippen molar-refractivity contribution < 1.29 is 14.3 Å². The van der Waals surface area contributed by atoms with Crippen LogP contribution >= 0.6 is 0 Å². The lowest BCUT2D eigenvalue weighted by molar-refractivity contribution is 0.0932. The van der Waals surface area contributed by atoms with Crippen LogP contribution in [0.3, 0.4) is 0 Å². The second kappa shape index (κ2) is 9.25. The Labute approximate surface area is 149 Å². The minimum atomic E-state index is -0.242. The average molecular weight is 348 g/mol. The Kier molecular flexibility index (Phi) is 7.03. The van der Waals surface area contributed by atoms with Crippen LogP contribution in [0.1, 0.15) is 50.5 Å². The first-order valence-corrected chi connectivity index (χ1v) is 8.98. The van der Waals surface area contributed by atoms with E-state index in [9.17, 15) is 9.59 Å². The summed E-state index contributed by atoms with van der Waals surface area (Å²) in [6.07, 6.45) is 3.96. The summed E-state index contributed by atoms with van der Waals surface area (Å²) in [5, 5.41) is 6.36. The number of pyridine rings is 1. The fourth-order valence-electron chi connectivity index (χ4n) is 2.70. The van der Waals surface area contributed by atoms with Gasteiger partial charge in [0.1, 0.15) is 5.69 Å².